The highest BCUT2D eigenvalue weighted by molar-refractivity contribution is 6.21. The third-order valence-electron chi connectivity index (χ3n) is 1.42. The Balaban J connectivity index is 0.000000183. The fourth-order valence-electron chi connectivity index (χ4n) is 0.358. The van der Waals surface area contributed by atoms with Crippen LogP contribution in [0.5, 0.6) is 0 Å². The zero-order valence-corrected chi connectivity index (χ0v) is 7.34. The lowest BCUT2D eigenvalue weighted by atomic mass is 10.0. The molecular formula is C7H14ClNO2. The van der Waals surface area contributed by atoms with Crippen molar-refractivity contribution in [3.05, 3.63) is 0 Å². The molecule has 0 aromatic rings. The minimum absolute atomic E-state index is 0.537. The smallest absolute Gasteiger partial charge is 0.320 e. The summed E-state index contributed by atoms with van der Waals surface area (Å²) in [6.45, 7) is 1.42. The van der Waals surface area contributed by atoms with E-state index >= 15 is 0 Å². The second kappa shape index (κ2) is 5.38. The molecule has 1 unspecified atom stereocenters. The molecule has 0 spiro atoms. The second-order valence-electron chi connectivity index (χ2n) is 2.66. The molecule has 0 aromatic carbocycles. The molecule has 1 rings (SSSR count). The van der Waals surface area contributed by atoms with Crippen LogP contribution in [0.4, 0.5) is 0 Å². The molecule has 1 aliphatic carbocycles. The molecule has 0 bridgehead atoms. The number of hydrogen-bond acceptors (Lipinski definition) is 2. The van der Waals surface area contributed by atoms with Crippen LogP contribution in [0.3, 0.4) is 0 Å². The first-order valence-electron chi connectivity index (χ1n) is 3.66. The third kappa shape index (κ3) is 6.13. The van der Waals surface area contributed by atoms with E-state index in [0.717, 1.165) is 0 Å². The van der Waals surface area contributed by atoms with Gasteiger partial charge in [0.05, 0.1) is 0 Å². The predicted octanol–water partition coefficient (Wildman–Crippen LogP) is 1.20. The van der Waals surface area contributed by atoms with Crippen LogP contribution in [0.2, 0.25) is 0 Å². The standard InChI is InChI=1S/C4H7Cl.C3H7NO2/c5-4-2-1-3-4;1-2(4)3(5)6/h4H,1-3H2;2H,4H2,1H3,(H,5,6). The highest BCUT2D eigenvalue weighted by Gasteiger charge is 2.11. The first-order valence-corrected chi connectivity index (χ1v) is 4.10. The van der Waals surface area contributed by atoms with Crippen molar-refractivity contribution in [3.63, 3.8) is 0 Å². The van der Waals surface area contributed by atoms with Gasteiger partial charge in [-0.25, -0.2) is 0 Å². The van der Waals surface area contributed by atoms with Gasteiger partial charge >= 0.3 is 5.97 Å². The minimum atomic E-state index is -0.963. The monoisotopic (exact) mass is 179 g/mol. The van der Waals surface area contributed by atoms with Crippen LogP contribution in [0.25, 0.3) is 0 Å². The molecule has 3 N–H and O–H groups in total. The molecule has 0 radical (unpaired) electrons. The van der Waals surface area contributed by atoms with Crippen molar-refractivity contribution in [1.29, 1.82) is 0 Å². The summed E-state index contributed by atoms with van der Waals surface area (Å²) in [5, 5.41) is 8.40. The lowest BCUT2D eigenvalue weighted by Gasteiger charge is -2.16. The fraction of sp³-hybridized carbons (Fsp3) is 0.857. The van der Waals surface area contributed by atoms with Crippen molar-refractivity contribution >= 4 is 17.6 Å². The molecule has 0 aliphatic heterocycles. The average Bonchev–Trinajstić information content (AvgIpc) is 1.85. The molecule has 0 amide bonds. The SMILES string of the molecule is CC(N)C(=O)O.ClC1CCC1. The number of alkyl halides is 1. The van der Waals surface area contributed by atoms with Crippen molar-refractivity contribution in [2.45, 2.75) is 37.6 Å². The fourth-order valence-corrected chi connectivity index (χ4v) is 0.667. The molecule has 1 aliphatic rings. The normalized spacial score (nSPS) is 19.2. The molecule has 1 saturated carbocycles. The molecule has 1 fully saturated rings. The summed E-state index contributed by atoms with van der Waals surface area (Å²) < 4.78 is 0. The molecule has 0 heterocycles. The Morgan fingerprint density at radius 2 is 2.00 bits per heavy atom. The van der Waals surface area contributed by atoms with E-state index in [0.29, 0.717) is 5.38 Å². The molecule has 66 valence electrons. The number of rotatable bonds is 1. The molecule has 0 saturated heterocycles. The van der Waals surface area contributed by atoms with Crippen molar-refractivity contribution in [2.24, 2.45) is 5.73 Å². The summed E-state index contributed by atoms with van der Waals surface area (Å²) in [5.41, 5.74) is 4.84. The Morgan fingerprint density at radius 1 is 1.73 bits per heavy atom. The molecule has 11 heavy (non-hydrogen) atoms. The van der Waals surface area contributed by atoms with E-state index in [4.69, 9.17) is 22.4 Å². The Morgan fingerprint density at radius 3 is 2.00 bits per heavy atom. The molecule has 3 nitrogen and oxygen atoms in total. The summed E-state index contributed by atoms with van der Waals surface area (Å²) in [6.07, 6.45) is 3.86. The van der Waals surface area contributed by atoms with E-state index in [1.807, 2.05) is 0 Å². The number of aliphatic carboxylic acids is 1. The van der Waals surface area contributed by atoms with Gasteiger partial charge in [0.2, 0.25) is 0 Å². The summed E-state index contributed by atoms with van der Waals surface area (Å²) in [4.78, 5) is 9.57. The van der Waals surface area contributed by atoms with Crippen LogP contribution in [0, 0.1) is 0 Å². The van der Waals surface area contributed by atoms with Gasteiger partial charge in [-0.1, -0.05) is 6.42 Å². The van der Waals surface area contributed by atoms with E-state index in [1.54, 1.807) is 0 Å². The van der Waals surface area contributed by atoms with Gasteiger partial charge in [0.15, 0.2) is 0 Å². The second-order valence-corrected chi connectivity index (χ2v) is 3.27. The number of halogens is 1. The average molecular weight is 180 g/mol. The van der Waals surface area contributed by atoms with E-state index in [1.165, 1.54) is 26.2 Å². The molecule has 0 aromatic heterocycles. The topological polar surface area (TPSA) is 63.3 Å². The van der Waals surface area contributed by atoms with Gasteiger partial charge in [-0.3, -0.25) is 4.79 Å². The van der Waals surface area contributed by atoms with Crippen molar-refractivity contribution in [3.8, 4) is 0 Å². The van der Waals surface area contributed by atoms with Crippen LogP contribution in [-0.2, 0) is 4.79 Å². The summed E-state index contributed by atoms with van der Waals surface area (Å²) in [5.74, 6) is -0.963. The first-order chi connectivity index (χ1) is 5.04. The highest BCUT2D eigenvalue weighted by atomic mass is 35.5. The zero-order valence-electron chi connectivity index (χ0n) is 6.59. The molecule has 1 atom stereocenters. The van der Waals surface area contributed by atoms with Gasteiger partial charge in [-0.2, -0.15) is 0 Å². The van der Waals surface area contributed by atoms with Crippen LogP contribution in [-0.4, -0.2) is 22.5 Å². The quantitative estimate of drug-likeness (QED) is 0.595. The van der Waals surface area contributed by atoms with Crippen LogP contribution in [0.1, 0.15) is 26.2 Å². The highest BCUT2D eigenvalue weighted by Crippen LogP contribution is 2.23. The maximum atomic E-state index is 9.57. The zero-order chi connectivity index (χ0) is 8.85. The molecule has 4 heteroatoms. The number of carbonyl (C=O) groups is 1. The van der Waals surface area contributed by atoms with Gasteiger partial charge in [-0.15, -0.1) is 11.6 Å². The summed E-state index contributed by atoms with van der Waals surface area (Å²) >= 11 is 5.55. The van der Waals surface area contributed by atoms with Gasteiger partial charge in [0.25, 0.3) is 0 Å². The van der Waals surface area contributed by atoms with Gasteiger partial charge in [-0.05, 0) is 19.8 Å². The Kier molecular flexibility index (Phi) is 5.24. The Bertz CT molecular complexity index is 124. The van der Waals surface area contributed by atoms with Crippen LogP contribution < -0.4 is 5.73 Å². The lowest BCUT2D eigenvalue weighted by molar-refractivity contribution is -0.138. The van der Waals surface area contributed by atoms with E-state index in [2.05, 4.69) is 0 Å². The minimum Gasteiger partial charge on any atom is -0.480 e. The third-order valence-corrected chi connectivity index (χ3v) is 1.86. The number of carboxylic acids is 1. The van der Waals surface area contributed by atoms with Gasteiger partial charge < -0.3 is 10.8 Å². The van der Waals surface area contributed by atoms with E-state index < -0.39 is 12.0 Å². The van der Waals surface area contributed by atoms with Crippen LogP contribution in [0.15, 0.2) is 0 Å². The largest absolute Gasteiger partial charge is 0.480 e. The lowest BCUT2D eigenvalue weighted by Crippen LogP contribution is -2.25. The molecular weight excluding hydrogens is 166 g/mol. The number of nitrogens with two attached hydrogens (primary N) is 1. The first kappa shape index (κ1) is 10.7. The van der Waals surface area contributed by atoms with Crippen molar-refractivity contribution < 1.29 is 9.90 Å². The van der Waals surface area contributed by atoms with Crippen molar-refractivity contribution in [1.82, 2.24) is 0 Å². The van der Waals surface area contributed by atoms with E-state index in [-0.39, 0.29) is 0 Å². The number of hydrogen-bond donors (Lipinski definition) is 2. The summed E-state index contributed by atoms with van der Waals surface area (Å²) in [7, 11) is 0. The Labute approximate surface area is 71.5 Å². The predicted molar refractivity (Wildman–Crippen MR) is 44.8 cm³/mol. The van der Waals surface area contributed by atoms with Gasteiger partial charge in [0, 0.05) is 5.38 Å². The summed E-state index contributed by atoms with van der Waals surface area (Å²) in [6, 6.07) is -0.731. The van der Waals surface area contributed by atoms with Crippen molar-refractivity contribution in [2.75, 3.05) is 0 Å². The Hall–Kier alpha value is -0.280. The number of carboxylic acid groups (broad SMARTS) is 1. The maximum absolute atomic E-state index is 9.57. The van der Waals surface area contributed by atoms with Crippen LogP contribution >= 0.6 is 11.6 Å². The van der Waals surface area contributed by atoms with Gasteiger partial charge in [0.1, 0.15) is 6.04 Å². The maximum Gasteiger partial charge on any atom is 0.320 e. The van der Waals surface area contributed by atoms with E-state index in [9.17, 15) is 4.79 Å².